The summed E-state index contributed by atoms with van der Waals surface area (Å²) in [6, 6.07) is 6.95. The zero-order chi connectivity index (χ0) is 20.1. The monoisotopic (exact) mass is 389 g/mol. The highest BCUT2D eigenvalue weighted by Gasteiger charge is 2.29. The van der Waals surface area contributed by atoms with Gasteiger partial charge in [0, 0.05) is 37.8 Å². The summed E-state index contributed by atoms with van der Waals surface area (Å²) < 4.78 is 5.17. The maximum absolute atomic E-state index is 12.7. The Hall–Kier alpha value is -2.77. The van der Waals surface area contributed by atoms with Crippen molar-refractivity contribution in [3.05, 3.63) is 29.8 Å². The third kappa shape index (κ3) is 4.74. The lowest BCUT2D eigenvalue weighted by Crippen LogP contribution is -2.54. The Morgan fingerprint density at radius 2 is 1.68 bits per heavy atom. The molecule has 2 N–H and O–H groups in total. The first-order chi connectivity index (χ1) is 13.5. The fourth-order valence-electron chi connectivity index (χ4n) is 3.80. The van der Waals surface area contributed by atoms with E-state index in [1.54, 1.807) is 41.2 Å². The van der Waals surface area contributed by atoms with Crippen molar-refractivity contribution in [1.29, 1.82) is 0 Å². The van der Waals surface area contributed by atoms with Crippen molar-refractivity contribution >= 4 is 17.9 Å². The van der Waals surface area contributed by atoms with Gasteiger partial charge >= 0.3 is 12.0 Å². The highest BCUT2D eigenvalue weighted by Crippen LogP contribution is 2.24. The molecule has 1 aliphatic heterocycles. The Balaban J connectivity index is 1.46. The second kappa shape index (κ2) is 8.95. The minimum Gasteiger partial charge on any atom is -0.497 e. The van der Waals surface area contributed by atoms with E-state index in [0.29, 0.717) is 63.2 Å². The Kier molecular flexibility index (Phi) is 6.38. The van der Waals surface area contributed by atoms with Gasteiger partial charge in [0.2, 0.25) is 0 Å². The molecule has 0 spiro atoms. The Morgan fingerprint density at radius 1 is 1.04 bits per heavy atom. The summed E-state index contributed by atoms with van der Waals surface area (Å²) in [5.41, 5.74) is 0.576. The normalized spacial score (nSPS) is 22.5. The molecule has 0 radical (unpaired) electrons. The van der Waals surface area contributed by atoms with E-state index in [2.05, 4.69) is 5.32 Å². The van der Waals surface area contributed by atoms with Gasteiger partial charge in [-0.15, -0.1) is 0 Å². The van der Waals surface area contributed by atoms with Crippen LogP contribution < -0.4 is 10.1 Å². The van der Waals surface area contributed by atoms with Gasteiger partial charge in [-0.25, -0.2) is 4.79 Å². The van der Waals surface area contributed by atoms with Crippen LogP contribution in [0.5, 0.6) is 5.75 Å². The second-order valence-corrected chi connectivity index (χ2v) is 7.35. The number of nitrogens with zero attached hydrogens (tertiary/aromatic N) is 2. The molecule has 8 heteroatoms. The van der Waals surface area contributed by atoms with Crippen molar-refractivity contribution < 1.29 is 24.2 Å². The van der Waals surface area contributed by atoms with Gasteiger partial charge < -0.3 is 25.0 Å². The first kappa shape index (κ1) is 20.0. The molecule has 28 heavy (non-hydrogen) atoms. The lowest BCUT2D eigenvalue weighted by atomic mass is 9.86. The largest absolute Gasteiger partial charge is 0.497 e. The van der Waals surface area contributed by atoms with Gasteiger partial charge in [0.1, 0.15) is 5.75 Å². The minimum absolute atomic E-state index is 0.0274. The molecule has 1 saturated heterocycles. The van der Waals surface area contributed by atoms with E-state index in [0.717, 1.165) is 0 Å². The summed E-state index contributed by atoms with van der Waals surface area (Å²) in [6.45, 7) is 1.92. The van der Waals surface area contributed by atoms with Crippen molar-refractivity contribution in [3.8, 4) is 5.75 Å². The first-order valence-electron chi connectivity index (χ1n) is 9.69. The summed E-state index contributed by atoms with van der Waals surface area (Å²) in [6.07, 6.45) is 2.58. The Labute approximate surface area is 164 Å². The number of carboxylic acid groups (broad SMARTS) is 1. The third-order valence-corrected chi connectivity index (χ3v) is 5.57. The van der Waals surface area contributed by atoms with Crippen molar-refractivity contribution in [3.63, 3.8) is 0 Å². The number of carbonyl (C=O) groups excluding carboxylic acids is 2. The molecule has 0 unspecified atom stereocenters. The predicted octanol–water partition coefficient (Wildman–Crippen LogP) is 1.81. The molecule has 3 amide bonds. The zero-order valence-corrected chi connectivity index (χ0v) is 16.1. The van der Waals surface area contributed by atoms with Gasteiger partial charge in [0.25, 0.3) is 5.91 Å². The van der Waals surface area contributed by atoms with Crippen LogP contribution in [0.3, 0.4) is 0 Å². The molecule has 0 aromatic heterocycles. The molecule has 152 valence electrons. The number of aliphatic carboxylic acids is 1. The number of hydrogen-bond acceptors (Lipinski definition) is 4. The van der Waals surface area contributed by atoms with E-state index < -0.39 is 5.97 Å². The summed E-state index contributed by atoms with van der Waals surface area (Å²) in [5, 5.41) is 12.1. The average molecular weight is 389 g/mol. The van der Waals surface area contributed by atoms with Gasteiger partial charge in [-0.2, -0.15) is 0 Å². The van der Waals surface area contributed by atoms with Crippen molar-refractivity contribution in [1.82, 2.24) is 15.1 Å². The lowest BCUT2D eigenvalue weighted by Gasteiger charge is -2.36. The second-order valence-electron chi connectivity index (χ2n) is 7.35. The van der Waals surface area contributed by atoms with E-state index in [-0.39, 0.29) is 23.9 Å². The van der Waals surface area contributed by atoms with Crippen LogP contribution in [0.15, 0.2) is 24.3 Å². The third-order valence-electron chi connectivity index (χ3n) is 5.57. The van der Waals surface area contributed by atoms with E-state index >= 15 is 0 Å². The summed E-state index contributed by atoms with van der Waals surface area (Å²) in [4.78, 5) is 39.6. The standard InChI is InChI=1S/C20H27N3O5/c1-28-17-4-2-3-15(13-17)18(24)22-9-11-23(12-10-22)20(27)21-16-7-5-14(6-8-16)19(25)26/h2-4,13-14,16H,5-12H2,1H3,(H,21,27)(H,25,26). The van der Waals surface area contributed by atoms with Crippen LogP contribution in [0.1, 0.15) is 36.0 Å². The van der Waals surface area contributed by atoms with E-state index in [4.69, 9.17) is 9.84 Å². The number of benzene rings is 1. The molecule has 1 saturated carbocycles. The predicted molar refractivity (Wildman–Crippen MR) is 102 cm³/mol. The molecule has 1 heterocycles. The molecule has 2 aliphatic rings. The Morgan fingerprint density at radius 3 is 2.29 bits per heavy atom. The molecule has 0 atom stereocenters. The average Bonchev–Trinajstić information content (AvgIpc) is 2.73. The maximum Gasteiger partial charge on any atom is 0.317 e. The molecule has 1 aliphatic carbocycles. The molecule has 0 bridgehead atoms. The van der Waals surface area contributed by atoms with Crippen LogP contribution in [-0.2, 0) is 4.79 Å². The number of urea groups is 1. The number of amides is 3. The quantitative estimate of drug-likeness (QED) is 0.818. The molecule has 3 rings (SSSR count). The number of carbonyl (C=O) groups is 3. The van der Waals surface area contributed by atoms with Crippen LogP contribution in [-0.4, -0.2) is 72.1 Å². The van der Waals surface area contributed by atoms with E-state index in [1.807, 2.05) is 0 Å². The maximum atomic E-state index is 12.7. The van der Waals surface area contributed by atoms with Crippen molar-refractivity contribution in [2.45, 2.75) is 31.7 Å². The van der Waals surface area contributed by atoms with Gasteiger partial charge in [-0.3, -0.25) is 9.59 Å². The highest BCUT2D eigenvalue weighted by molar-refractivity contribution is 5.94. The fourth-order valence-corrected chi connectivity index (χ4v) is 3.80. The van der Waals surface area contributed by atoms with E-state index in [1.165, 1.54) is 0 Å². The molecular weight excluding hydrogens is 362 g/mol. The van der Waals surface area contributed by atoms with Gasteiger partial charge in [-0.05, 0) is 43.9 Å². The fraction of sp³-hybridized carbons (Fsp3) is 0.550. The summed E-state index contributed by atoms with van der Waals surface area (Å²) >= 11 is 0. The van der Waals surface area contributed by atoms with Crippen molar-refractivity contribution in [2.75, 3.05) is 33.3 Å². The molecule has 2 fully saturated rings. The highest BCUT2D eigenvalue weighted by atomic mass is 16.5. The number of carboxylic acids is 1. The van der Waals surface area contributed by atoms with Gasteiger partial charge in [-0.1, -0.05) is 6.07 Å². The van der Waals surface area contributed by atoms with Gasteiger partial charge in [0.15, 0.2) is 0 Å². The van der Waals surface area contributed by atoms with Crippen LogP contribution >= 0.6 is 0 Å². The van der Waals surface area contributed by atoms with Crippen LogP contribution in [0.25, 0.3) is 0 Å². The smallest absolute Gasteiger partial charge is 0.317 e. The molecule has 1 aromatic carbocycles. The summed E-state index contributed by atoms with van der Waals surface area (Å²) in [5.74, 6) is -0.464. The Bertz CT molecular complexity index is 722. The van der Waals surface area contributed by atoms with Crippen molar-refractivity contribution in [2.24, 2.45) is 5.92 Å². The van der Waals surface area contributed by atoms with Crippen LogP contribution in [0, 0.1) is 5.92 Å². The number of rotatable bonds is 4. The molecule has 1 aromatic rings. The van der Waals surface area contributed by atoms with Gasteiger partial charge in [0.05, 0.1) is 13.0 Å². The van der Waals surface area contributed by atoms with Crippen LogP contribution in [0.2, 0.25) is 0 Å². The SMILES string of the molecule is COc1cccc(C(=O)N2CCN(C(=O)NC3CCC(C(=O)O)CC3)CC2)c1. The summed E-state index contributed by atoms with van der Waals surface area (Å²) in [7, 11) is 1.56. The zero-order valence-electron chi connectivity index (χ0n) is 16.1. The van der Waals surface area contributed by atoms with Crippen LogP contribution in [0.4, 0.5) is 4.79 Å². The first-order valence-corrected chi connectivity index (χ1v) is 9.69. The van der Waals surface area contributed by atoms with E-state index in [9.17, 15) is 14.4 Å². The number of hydrogen-bond donors (Lipinski definition) is 2. The number of methoxy groups -OCH3 is 1. The molecular formula is C20H27N3O5. The topological polar surface area (TPSA) is 99.2 Å². The lowest BCUT2D eigenvalue weighted by molar-refractivity contribution is -0.142. The number of piperazine rings is 1. The molecule has 8 nitrogen and oxygen atoms in total. The minimum atomic E-state index is -0.749. The number of nitrogens with one attached hydrogen (secondary N) is 1. The number of ether oxygens (including phenoxy) is 1.